The van der Waals surface area contributed by atoms with E-state index < -0.39 is 24.4 Å². The van der Waals surface area contributed by atoms with Crippen molar-refractivity contribution in [3.8, 4) is 11.5 Å². The van der Waals surface area contributed by atoms with E-state index in [4.69, 9.17) is 15.2 Å². The highest BCUT2D eigenvalue weighted by molar-refractivity contribution is 7.14. The zero-order valence-corrected chi connectivity index (χ0v) is 15.4. The molecule has 2 aromatic carbocycles. The number of para-hydroxylation sites is 1. The van der Waals surface area contributed by atoms with Gasteiger partial charge in [-0.3, -0.25) is 9.59 Å². The summed E-state index contributed by atoms with van der Waals surface area (Å²) in [5, 5.41) is 4.44. The lowest BCUT2D eigenvalue weighted by Gasteiger charge is -2.08. The summed E-state index contributed by atoms with van der Waals surface area (Å²) in [5.41, 5.74) is 5.67. The normalized spacial score (nSPS) is 10.1. The van der Waals surface area contributed by atoms with Crippen LogP contribution in [0.3, 0.4) is 0 Å². The third-order valence-electron chi connectivity index (χ3n) is 3.57. The van der Waals surface area contributed by atoms with Gasteiger partial charge in [0.15, 0.2) is 6.61 Å². The topological polar surface area (TPSA) is 108 Å². The van der Waals surface area contributed by atoms with Gasteiger partial charge in [-0.05, 0) is 41.8 Å². The Morgan fingerprint density at radius 1 is 0.964 bits per heavy atom. The number of carbonyl (C=O) groups is 3. The molecule has 3 N–H and O–H groups in total. The molecule has 0 bridgehead atoms. The third kappa shape index (κ3) is 4.95. The molecule has 3 aromatic rings. The minimum Gasteiger partial charge on any atom is -0.457 e. The van der Waals surface area contributed by atoms with Gasteiger partial charge in [-0.15, -0.1) is 11.3 Å². The van der Waals surface area contributed by atoms with Crippen LogP contribution in [0.2, 0.25) is 0 Å². The molecule has 0 aliphatic heterocycles. The molecule has 0 spiro atoms. The fourth-order valence-electron chi connectivity index (χ4n) is 2.29. The first-order chi connectivity index (χ1) is 13.5. The van der Waals surface area contributed by atoms with Crippen LogP contribution in [0, 0.1) is 0 Å². The van der Waals surface area contributed by atoms with Crippen molar-refractivity contribution in [2.45, 2.75) is 0 Å². The van der Waals surface area contributed by atoms with Gasteiger partial charge in [0.05, 0.1) is 11.1 Å². The Labute approximate surface area is 164 Å². The zero-order chi connectivity index (χ0) is 19.9. The average Bonchev–Trinajstić information content (AvgIpc) is 3.15. The molecule has 0 atom stereocenters. The number of benzene rings is 2. The quantitative estimate of drug-likeness (QED) is 0.595. The van der Waals surface area contributed by atoms with Gasteiger partial charge in [0.25, 0.3) is 11.8 Å². The molecule has 0 saturated heterocycles. The molecule has 28 heavy (non-hydrogen) atoms. The Morgan fingerprint density at radius 3 is 2.46 bits per heavy atom. The summed E-state index contributed by atoms with van der Waals surface area (Å²) in [6.45, 7) is -0.501. The van der Waals surface area contributed by atoms with E-state index in [1.807, 2.05) is 18.2 Å². The summed E-state index contributed by atoms with van der Waals surface area (Å²) in [6.07, 6.45) is 0. The van der Waals surface area contributed by atoms with Crippen LogP contribution >= 0.6 is 11.3 Å². The zero-order valence-electron chi connectivity index (χ0n) is 14.6. The molecule has 0 saturated carbocycles. The van der Waals surface area contributed by atoms with Gasteiger partial charge >= 0.3 is 5.97 Å². The number of rotatable bonds is 7. The highest BCUT2D eigenvalue weighted by atomic mass is 32.1. The molecule has 0 radical (unpaired) electrons. The van der Waals surface area contributed by atoms with Crippen LogP contribution in [0.1, 0.15) is 20.7 Å². The Balaban J connectivity index is 1.57. The van der Waals surface area contributed by atoms with Gasteiger partial charge in [-0.2, -0.15) is 0 Å². The molecule has 8 heteroatoms. The summed E-state index contributed by atoms with van der Waals surface area (Å²) in [4.78, 5) is 35.4. The van der Waals surface area contributed by atoms with Crippen LogP contribution in [0.4, 0.5) is 5.00 Å². The van der Waals surface area contributed by atoms with E-state index in [2.05, 4.69) is 5.32 Å². The van der Waals surface area contributed by atoms with Crippen molar-refractivity contribution in [2.75, 3.05) is 11.9 Å². The predicted molar refractivity (Wildman–Crippen MR) is 105 cm³/mol. The number of primary amides is 1. The molecule has 1 heterocycles. The van der Waals surface area contributed by atoms with E-state index in [9.17, 15) is 14.4 Å². The third-order valence-corrected chi connectivity index (χ3v) is 4.40. The molecule has 2 amide bonds. The number of esters is 1. The second kappa shape index (κ2) is 8.83. The molecule has 0 unspecified atom stereocenters. The first-order valence-corrected chi connectivity index (χ1v) is 9.08. The molecular formula is C20H16N2O5S. The van der Waals surface area contributed by atoms with Crippen LogP contribution in [-0.4, -0.2) is 24.4 Å². The van der Waals surface area contributed by atoms with Gasteiger partial charge in [-0.25, -0.2) is 4.79 Å². The Bertz CT molecular complexity index is 1000. The van der Waals surface area contributed by atoms with E-state index >= 15 is 0 Å². The number of anilines is 1. The lowest BCUT2D eigenvalue weighted by molar-refractivity contribution is -0.119. The highest BCUT2D eigenvalue weighted by Gasteiger charge is 2.15. The molecule has 7 nitrogen and oxygen atoms in total. The van der Waals surface area contributed by atoms with Crippen LogP contribution in [0.15, 0.2) is 66.0 Å². The van der Waals surface area contributed by atoms with Crippen LogP contribution < -0.4 is 15.8 Å². The number of carbonyl (C=O) groups excluding carboxylic acids is 3. The maximum Gasteiger partial charge on any atom is 0.338 e. The lowest BCUT2D eigenvalue weighted by Crippen LogP contribution is -2.22. The van der Waals surface area contributed by atoms with Gasteiger partial charge in [0.1, 0.15) is 16.5 Å². The van der Waals surface area contributed by atoms with Crippen molar-refractivity contribution in [2.24, 2.45) is 5.73 Å². The van der Waals surface area contributed by atoms with E-state index in [0.29, 0.717) is 16.5 Å². The van der Waals surface area contributed by atoms with E-state index in [1.54, 1.807) is 35.7 Å². The van der Waals surface area contributed by atoms with Gasteiger partial charge < -0.3 is 20.5 Å². The number of nitrogens with two attached hydrogens (primary N) is 1. The predicted octanol–water partition coefficient (Wildman–Crippen LogP) is 3.43. The van der Waals surface area contributed by atoms with E-state index in [-0.39, 0.29) is 11.1 Å². The second-order valence-corrected chi connectivity index (χ2v) is 6.51. The number of ether oxygens (including phenoxy) is 2. The number of hydrogen-bond acceptors (Lipinski definition) is 6. The van der Waals surface area contributed by atoms with Crippen LogP contribution in [0.5, 0.6) is 11.5 Å². The fraction of sp³-hybridized carbons (Fsp3) is 0.0500. The molecule has 0 aliphatic rings. The smallest absolute Gasteiger partial charge is 0.338 e. The van der Waals surface area contributed by atoms with Gasteiger partial charge in [0.2, 0.25) is 0 Å². The average molecular weight is 396 g/mol. The maximum atomic E-state index is 12.2. The van der Waals surface area contributed by atoms with Gasteiger partial charge in [-0.1, -0.05) is 24.3 Å². The van der Waals surface area contributed by atoms with Crippen molar-refractivity contribution in [3.05, 3.63) is 77.2 Å². The van der Waals surface area contributed by atoms with Crippen molar-refractivity contribution in [1.29, 1.82) is 0 Å². The molecule has 142 valence electrons. The van der Waals surface area contributed by atoms with E-state index in [0.717, 1.165) is 11.3 Å². The summed E-state index contributed by atoms with van der Waals surface area (Å²) in [5.74, 6) is -0.794. The standard InChI is InChI=1S/C20H16N2O5S/c21-18(24)16-9-10-28-19(16)22-17(23)12-26-20(25)13-5-4-8-15(11-13)27-14-6-2-1-3-7-14/h1-11H,12H2,(H2,21,24)(H,22,23). The minimum absolute atomic E-state index is 0.204. The Hall–Kier alpha value is -3.65. The summed E-state index contributed by atoms with van der Waals surface area (Å²) >= 11 is 1.15. The summed E-state index contributed by atoms with van der Waals surface area (Å²) in [7, 11) is 0. The Morgan fingerprint density at radius 2 is 1.71 bits per heavy atom. The number of nitrogens with one attached hydrogen (secondary N) is 1. The van der Waals surface area contributed by atoms with Crippen molar-refractivity contribution >= 4 is 34.1 Å². The van der Waals surface area contributed by atoms with Crippen molar-refractivity contribution in [3.63, 3.8) is 0 Å². The van der Waals surface area contributed by atoms with Crippen molar-refractivity contribution < 1.29 is 23.9 Å². The van der Waals surface area contributed by atoms with Gasteiger partial charge in [0, 0.05) is 0 Å². The highest BCUT2D eigenvalue weighted by Crippen LogP contribution is 2.23. The lowest BCUT2D eigenvalue weighted by atomic mass is 10.2. The second-order valence-electron chi connectivity index (χ2n) is 5.59. The SMILES string of the molecule is NC(=O)c1ccsc1NC(=O)COC(=O)c1cccc(Oc2ccccc2)c1. The fourth-order valence-corrected chi connectivity index (χ4v) is 3.10. The van der Waals surface area contributed by atoms with Crippen molar-refractivity contribution in [1.82, 2.24) is 0 Å². The molecule has 3 rings (SSSR count). The molecule has 0 aliphatic carbocycles. The van der Waals surface area contributed by atoms with E-state index in [1.165, 1.54) is 12.1 Å². The Kier molecular flexibility index (Phi) is 6.03. The van der Waals surface area contributed by atoms with Crippen LogP contribution in [0.25, 0.3) is 0 Å². The summed E-state index contributed by atoms with van der Waals surface area (Å²) in [6, 6.07) is 17.1. The minimum atomic E-state index is -0.671. The number of amides is 2. The van der Waals surface area contributed by atoms with Crippen LogP contribution in [-0.2, 0) is 9.53 Å². The summed E-state index contributed by atoms with van der Waals surface area (Å²) < 4.78 is 10.7. The number of hydrogen-bond donors (Lipinski definition) is 2. The molecule has 1 aromatic heterocycles. The number of thiophene rings is 1. The molecule has 0 fully saturated rings. The maximum absolute atomic E-state index is 12.2. The largest absolute Gasteiger partial charge is 0.457 e. The first kappa shape index (κ1) is 19.1. The first-order valence-electron chi connectivity index (χ1n) is 8.20. The molecular weight excluding hydrogens is 380 g/mol. The monoisotopic (exact) mass is 396 g/mol.